The Bertz CT molecular complexity index is 888. The van der Waals surface area contributed by atoms with Crippen LogP contribution in [0, 0.1) is 6.92 Å². The van der Waals surface area contributed by atoms with Gasteiger partial charge in [0, 0.05) is 16.8 Å². The quantitative estimate of drug-likeness (QED) is 0.691. The predicted octanol–water partition coefficient (Wildman–Crippen LogP) is 3.70. The molecule has 2 atom stereocenters. The second-order valence-electron chi connectivity index (χ2n) is 7.13. The van der Waals surface area contributed by atoms with Gasteiger partial charge in [0.1, 0.15) is 6.54 Å². The van der Waals surface area contributed by atoms with Gasteiger partial charge in [-0.3, -0.25) is 4.79 Å². The maximum atomic E-state index is 12.8. The number of rotatable bonds is 6. The van der Waals surface area contributed by atoms with Crippen LogP contribution < -0.4 is 10.2 Å². The average Bonchev–Trinajstić information content (AvgIpc) is 2.70. The summed E-state index contributed by atoms with van der Waals surface area (Å²) in [5.41, 5.74) is 5.47. The lowest BCUT2D eigenvalue weighted by molar-refractivity contribution is -0.907. The fourth-order valence-electron chi connectivity index (χ4n) is 3.11. The number of para-hydroxylation sites is 1. The van der Waals surface area contributed by atoms with Crippen LogP contribution >= 0.6 is 0 Å². The molecule has 0 heterocycles. The van der Waals surface area contributed by atoms with Gasteiger partial charge in [-0.1, -0.05) is 78.4 Å². The van der Waals surface area contributed by atoms with Gasteiger partial charge in [-0.2, -0.15) is 0 Å². The lowest BCUT2D eigenvalue weighted by Gasteiger charge is -2.22. The monoisotopic (exact) mass is 359 g/mol. The Labute approximate surface area is 161 Å². The zero-order valence-electron chi connectivity index (χ0n) is 16.2. The average molecular weight is 359 g/mol. The number of likely N-dealkylation sites (N-methyl/N-ethyl adjacent to an activating group) is 1. The van der Waals surface area contributed by atoms with Gasteiger partial charge in [0.05, 0.1) is 7.05 Å². The first-order chi connectivity index (χ1) is 13.0. The van der Waals surface area contributed by atoms with Gasteiger partial charge in [0.15, 0.2) is 6.04 Å². The van der Waals surface area contributed by atoms with Crippen LogP contribution in [0.25, 0.3) is 11.1 Å². The maximum absolute atomic E-state index is 12.8. The van der Waals surface area contributed by atoms with E-state index in [1.807, 2.05) is 49.4 Å². The number of nitrogens with one attached hydrogen (secondary N) is 2. The lowest BCUT2D eigenvalue weighted by atomic mass is 10.0. The van der Waals surface area contributed by atoms with Crippen LogP contribution in [0.5, 0.6) is 0 Å². The Morgan fingerprint density at radius 1 is 0.926 bits per heavy atom. The van der Waals surface area contributed by atoms with E-state index in [-0.39, 0.29) is 11.9 Å². The van der Waals surface area contributed by atoms with E-state index in [9.17, 15) is 4.79 Å². The summed E-state index contributed by atoms with van der Waals surface area (Å²) in [6.45, 7) is 4.87. The summed E-state index contributed by atoms with van der Waals surface area (Å²) < 4.78 is 0. The highest BCUT2D eigenvalue weighted by Crippen LogP contribution is 2.27. The van der Waals surface area contributed by atoms with E-state index in [4.69, 9.17) is 0 Å². The molecule has 1 unspecified atom stereocenters. The SMILES string of the molecule is Cc1ccc(C[NH+](C)[C@@H](C)C(=O)Nc2ccccc2-c2ccccc2)cc1. The van der Waals surface area contributed by atoms with Gasteiger partial charge in [-0.05, 0) is 25.5 Å². The number of amides is 1. The molecule has 0 saturated heterocycles. The summed E-state index contributed by atoms with van der Waals surface area (Å²) in [6, 6.07) is 26.4. The molecule has 2 N–H and O–H groups in total. The van der Waals surface area contributed by atoms with Crippen LogP contribution in [0.2, 0.25) is 0 Å². The van der Waals surface area contributed by atoms with Crippen LogP contribution in [0.15, 0.2) is 78.9 Å². The third-order valence-electron chi connectivity index (χ3n) is 5.01. The van der Waals surface area contributed by atoms with Gasteiger partial charge in [-0.25, -0.2) is 0 Å². The highest BCUT2D eigenvalue weighted by Gasteiger charge is 2.22. The summed E-state index contributed by atoms with van der Waals surface area (Å²) in [6.07, 6.45) is 0. The zero-order valence-corrected chi connectivity index (χ0v) is 16.2. The van der Waals surface area contributed by atoms with E-state index < -0.39 is 0 Å². The van der Waals surface area contributed by atoms with Crippen molar-refractivity contribution in [3.8, 4) is 11.1 Å². The van der Waals surface area contributed by atoms with Gasteiger partial charge in [-0.15, -0.1) is 0 Å². The van der Waals surface area contributed by atoms with E-state index in [1.54, 1.807) is 0 Å². The molecule has 3 nitrogen and oxygen atoms in total. The summed E-state index contributed by atoms with van der Waals surface area (Å²) >= 11 is 0. The molecule has 0 aliphatic heterocycles. The number of aryl methyl sites for hydroxylation is 1. The van der Waals surface area contributed by atoms with Crippen LogP contribution in [-0.2, 0) is 11.3 Å². The Morgan fingerprint density at radius 2 is 1.56 bits per heavy atom. The van der Waals surface area contributed by atoms with E-state index in [1.165, 1.54) is 11.1 Å². The van der Waals surface area contributed by atoms with Crippen molar-refractivity contribution in [2.24, 2.45) is 0 Å². The molecular formula is C24H27N2O+. The van der Waals surface area contributed by atoms with Gasteiger partial charge < -0.3 is 10.2 Å². The third-order valence-corrected chi connectivity index (χ3v) is 5.01. The van der Waals surface area contributed by atoms with Crippen molar-refractivity contribution in [3.63, 3.8) is 0 Å². The van der Waals surface area contributed by atoms with E-state index >= 15 is 0 Å². The van der Waals surface area contributed by atoms with E-state index in [2.05, 4.69) is 55.7 Å². The molecule has 3 rings (SSSR count). The predicted molar refractivity (Wildman–Crippen MR) is 112 cm³/mol. The Kier molecular flexibility index (Phi) is 6.05. The van der Waals surface area contributed by atoms with E-state index in [0.717, 1.165) is 28.3 Å². The molecule has 0 aromatic heterocycles. The molecule has 3 aromatic rings. The molecule has 0 aliphatic rings. The van der Waals surface area contributed by atoms with Crippen molar-refractivity contribution in [1.29, 1.82) is 0 Å². The van der Waals surface area contributed by atoms with Crippen LogP contribution in [-0.4, -0.2) is 19.0 Å². The van der Waals surface area contributed by atoms with Crippen LogP contribution in [0.4, 0.5) is 5.69 Å². The number of hydrogen-bond donors (Lipinski definition) is 2. The molecule has 0 fully saturated rings. The van der Waals surface area contributed by atoms with Gasteiger partial charge in [0.25, 0.3) is 5.91 Å². The van der Waals surface area contributed by atoms with Crippen molar-refractivity contribution in [2.75, 3.05) is 12.4 Å². The number of hydrogen-bond acceptors (Lipinski definition) is 1. The summed E-state index contributed by atoms with van der Waals surface area (Å²) in [7, 11) is 2.06. The zero-order chi connectivity index (χ0) is 19.2. The first kappa shape index (κ1) is 18.9. The van der Waals surface area contributed by atoms with E-state index in [0.29, 0.717) is 0 Å². The first-order valence-corrected chi connectivity index (χ1v) is 9.38. The number of carbonyl (C=O) groups excluding carboxylic acids is 1. The minimum absolute atomic E-state index is 0.0305. The number of anilines is 1. The fraction of sp³-hybridized carbons (Fsp3) is 0.208. The minimum atomic E-state index is -0.157. The molecule has 0 saturated carbocycles. The second-order valence-corrected chi connectivity index (χ2v) is 7.13. The highest BCUT2D eigenvalue weighted by molar-refractivity contribution is 5.97. The molecule has 0 radical (unpaired) electrons. The smallest absolute Gasteiger partial charge is 0.282 e. The maximum Gasteiger partial charge on any atom is 0.282 e. The molecule has 0 aliphatic carbocycles. The number of quaternary nitrogens is 1. The van der Waals surface area contributed by atoms with Crippen molar-refractivity contribution < 1.29 is 9.69 Å². The van der Waals surface area contributed by atoms with Gasteiger partial charge in [0.2, 0.25) is 0 Å². The van der Waals surface area contributed by atoms with Crippen LogP contribution in [0.1, 0.15) is 18.1 Å². The number of carbonyl (C=O) groups is 1. The molecular weight excluding hydrogens is 332 g/mol. The van der Waals surface area contributed by atoms with Crippen molar-refractivity contribution in [2.45, 2.75) is 26.4 Å². The van der Waals surface area contributed by atoms with Crippen molar-refractivity contribution in [1.82, 2.24) is 0 Å². The lowest BCUT2D eigenvalue weighted by Crippen LogP contribution is -3.12. The molecule has 27 heavy (non-hydrogen) atoms. The summed E-state index contributed by atoms with van der Waals surface area (Å²) in [5.74, 6) is 0.0305. The topological polar surface area (TPSA) is 33.5 Å². The van der Waals surface area contributed by atoms with Crippen LogP contribution in [0.3, 0.4) is 0 Å². The Hall–Kier alpha value is -2.91. The Balaban J connectivity index is 1.70. The molecule has 0 spiro atoms. The molecule has 1 amide bonds. The van der Waals surface area contributed by atoms with Crippen molar-refractivity contribution in [3.05, 3.63) is 90.0 Å². The number of benzene rings is 3. The molecule has 0 bridgehead atoms. The largest absolute Gasteiger partial charge is 0.324 e. The molecule has 3 heteroatoms. The molecule has 138 valence electrons. The first-order valence-electron chi connectivity index (χ1n) is 9.38. The summed E-state index contributed by atoms with van der Waals surface area (Å²) in [4.78, 5) is 14.0. The fourth-order valence-corrected chi connectivity index (χ4v) is 3.11. The minimum Gasteiger partial charge on any atom is -0.324 e. The van der Waals surface area contributed by atoms with Gasteiger partial charge >= 0.3 is 0 Å². The summed E-state index contributed by atoms with van der Waals surface area (Å²) in [5, 5.41) is 3.12. The highest BCUT2D eigenvalue weighted by atomic mass is 16.2. The second kappa shape index (κ2) is 8.65. The molecule has 3 aromatic carbocycles. The Morgan fingerprint density at radius 3 is 2.26 bits per heavy atom. The van der Waals surface area contributed by atoms with Crippen molar-refractivity contribution >= 4 is 11.6 Å². The standard InChI is InChI=1S/C24H26N2O/c1-18-13-15-20(16-14-18)17-26(3)19(2)24(27)25-23-12-8-7-11-22(23)21-9-5-4-6-10-21/h4-16,19H,17H2,1-3H3,(H,25,27)/p+1/t19-/m0/s1. The normalized spacial score (nSPS) is 13.0. The third kappa shape index (κ3) is 4.83.